The van der Waals surface area contributed by atoms with Gasteiger partial charge in [0, 0.05) is 0 Å². The molecule has 0 unspecified atom stereocenters. The second kappa shape index (κ2) is 8.06. The van der Waals surface area contributed by atoms with E-state index in [-0.39, 0.29) is 29.6 Å². The SMILES string of the molecule is O=C1OC(c2ccccc2F)=N/C1=C/c1ccc(OCc2cccc(F)c2)cc1. The van der Waals surface area contributed by atoms with Crippen LogP contribution in [-0.2, 0) is 16.1 Å². The van der Waals surface area contributed by atoms with Crippen LogP contribution in [0.25, 0.3) is 6.08 Å². The van der Waals surface area contributed by atoms with Crippen molar-refractivity contribution in [3.8, 4) is 5.75 Å². The third-order valence-corrected chi connectivity index (χ3v) is 4.20. The predicted octanol–water partition coefficient (Wildman–Crippen LogP) is 4.89. The average molecular weight is 391 g/mol. The van der Waals surface area contributed by atoms with Gasteiger partial charge in [-0.2, -0.15) is 0 Å². The number of nitrogens with zero attached hydrogens (tertiary/aromatic N) is 1. The molecular formula is C23H15F2NO3. The highest BCUT2D eigenvalue weighted by atomic mass is 19.1. The molecule has 0 saturated carbocycles. The van der Waals surface area contributed by atoms with Crippen LogP contribution >= 0.6 is 0 Å². The maximum absolute atomic E-state index is 13.9. The maximum Gasteiger partial charge on any atom is 0.363 e. The van der Waals surface area contributed by atoms with E-state index in [1.165, 1.54) is 24.3 Å². The van der Waals surface area contributed by atoms with Crippen LogP contribution in [0.1, 0.15) is 16.7 Å². The summed E-state index contributed by atoms with van der Waals surface area (Å²) in [7, 11) is 0. The molecule has 0 aliphatic carbocycles. The number of aliphatic imine (C=N–C) groups is 1. The molecule has 3 aromatic carbocycles. The molecule has 1 heterocycles. The van der Waals surface area contributed by atoms with E-state index in [2.05, 4.69) is 4.99 Å². The molecule has 6 heteroatoms. The fourth-order valence-electron chi connectivity index (χ4n) is 2.77. The minimum atomic E-state index is -0.644. The van der Waals surface area contributed by atoms with E-state index < -0.39 is 11.8 Å². The summed E-state index contributed by atoms with van der Waals surface area (Å²) < 4.78 is 37.8. The summed E-state index contributed by atoms with van der Waals surface area (Å²) in [5.41, 5.74) is 1.63. The Morgan fingerprint density at radius 3 is 2.52 bits per heavy atom. The van der Waals surface area contributed by atoms with Crippen molar-refractivity contribution in [2.24, 2.45) is 4.99 Å². The van der Waals surface area contributed by atoms with Crippen LogP contribution < -0.4 is 4.74 Å². The third-order valence-electron chi connectivity index (χ3n) is 4.20. The topological polar surface area (TPSA) is 47.9 Å². The molecule has 3 aromatic rings. The summed E-state index contributed by atoms with van der Waals surface area (Å²) >= 11 is 0. The van der Waals surface area contributed by atoms with Gasteiger partial charge in [-0.15, -0.1) is 0 Å². The van der Waals surface area contributed by atoms with Crippen LogP contribution in [-0.4, -0.2) is 11.9 Å². The van der Waals surface area contributed by atoms with E-state index in [0.29, 0.717) is 11.3 Å². The number of carbonyl (C=O) groups is 1. The molecule has 0 amide bonds. The largest absolute Gasteiger partial charge is 0.489 e. The predicted molar refractivity (Wildman–Crippen MR) is 104 cm³/mol. The number of benzene rings is 3. The minimum Gasteiger partial charge on any atom is -0.489 e. The molecule has 0 bridgehead atoms. The number of halogens is 2. The summed E-state index contributed by atoms with van der Waals surface area (Å²) in [6.45, 7) is 0.237. The molecule has 144 valence electrons. The molecule has 29 heavy (non-hydrogen) atoms. The Morgan fingerprint density at radius 2 is 1.76 bits per heavy atom. The van der Waals surface area contributed by atoms with Gasteiger partial charge in [0.15, 0.2) is 5.70 Å². The van der Waals surface area contributed by atoms with Gasteiger partial charge in [0.25, 0.3) is 0 Å². The molecule has 0 atom stereocenters. The molecular weight excluding hydrogens is 376 g/mol. The highest BCUT2D eigenvalue weighted by molar-refractivity contribution is 6.12. The molecule has 4 nitrogen and oxygen atoms in total. The van der Waals surface area contributed by atoms with Crippen LogP contribution in [0, 0.1) is 11.6 Å². The highest BCUT2D eigenvalue weighted by Gasteiger charge is 2.25. The van der Waals surface area contributed by atoms with Gasteiger partial charge in [-0.1, -0.05) is 36.4 Å². The lowest BCUT2D eigenvalue weighted by atomic mass is 10.2. The molecule has 0 aromatic heterocycles. The monoisotopic (exact) mass is 391 g/mol. The molecule has 0 N–H and O–H groups in total. The standard InChI is InChI=1S/C23H15F2NO3/c24-17-5-3-4-16(12-17)14-28-18-10-8-15(9-11-18)13-21-23(27)29-22(26-21)19-6-1-2-7-20(19)25/h1-13H,14H2/b21-13+. The van der Waals surface area contributed by atoms with Crippen molar-refractivity contribution in [3.63, 3.8) is 0 Å². The smallest absolute Gasteiger partial charge is 0.363 e. The van der Waals surface area contributed by atoms with Crippen molar-refractivity contribution in [1.29, 1.82) is 0 Å². The fourth-order valence-corrected chi connectivity index (χ4v) is 2.77. The van der Waals surface area contributed by atoms with Gasteiger partial charge in [0.05, 0.1) is 5.56 Å². The number of esters is 1. The van der Waals surface area contributed by atoms with Crippen molar-refractivity contribution in [1.82, 2.24) is 0 Å². The Kier molecular flexibility index (Phi) is 5.16. The van der Waals surface area contributed by atoms with Gasteiger partial charge in [-0.25, -0.2) is 18.6 Å². The zero-order chi connectivity index (χ0) is 20.2. The summed E-state index contributed by atoms with van der Waals surface area (Å²) in [6, 6.07) is 19.1. The molecule has 1 aliphatic rings. The lowest BCUT2D eigenvalue weighted by molar-refractivity contribution is -0.129. The van der Waals surface area contributed by atoms with Crippen molar-refractivity contribution < 1.29 is 23.0 Å². The second-order valence-corrected chi connectivity index (χ2v) is 6.30. The average Bonchev–Trinajstić information content (AvgIpc) is 3.08. The lowest BCUT2D eigenvalue weighted by Gasteiger charge is -2.06. The van der Waals surface area contributed by atoms with E-state index >= 15 is 0 Å². The first kappa shape index (κ1) is 18.6. The molecule has 0 radical (unpaired) electrons. The van der Waals surface area contributed by atoms with Gasteiger partial charge < -0.3 is 9.47 Å². The summed E-state index contributed by atoms with van der Waals surface area (Å²) in [5, 5.41) is 0. The van der Waals surface area contributed by atoms with E-state index in [1.807, 2.05) is 0 Å². The summed E-state index contributed by atoms with van der Waals surface area (Å²) in [5.74, 6) is -0.933. The molecule has 0 saturated heterocycles. The Morgan fingerprint density at radius 1 is 0.966 bits per heavy atom. The number of ether oxygens (including phenoxy) is 2. The first-order valence-corrected chi connectivity index (χ1v) is 8.83. The van der Waals surface area contributed by atoms with Crippen molar-refractivity contribution >= 4 is 17.9 Å². The maximum atomic E-state index is 13.9. The van der Waals surface area contributed by atoms with Gasteiger partial charge in [0.2, 0.25) is 5.90 Å². The summed E-state index contributed by atoms with van der Waals surface area (Å²) in [4.78, 5) is 16.1. The van der Waals surface area contributed by atoms with Crippen molar-refractivity contribution in [2.75, 3.05) is 0 Å². The van der Waals surface area contributed by atoms with Crippen LogP contribution in [0.15, 0.2) is 83.5 Å². The molecule has 4 rings (SSSR count). The van der Waals surface area contributed by atoms with Crippen LogP contribution in [0.5, 0.6) is 5.75 Å². The van der Waals surface area contributed by atoms with Crippen molar-refractivity contribution in [2.45, 2.75) is 6.61 Å². The van der Waals surface area contributed by atoms with Gasteiger partial charge in [0.1, 0.15) is 24.0 Å². The van der Waals surface area contributed by atoms with Crippen LogP contribution in [0.3, 0.4) is 0 Å². The van der Waals surface area contributed by atoms with Gasteiger partial charge in [-0.3, -0.25) is 0 Å². The van der Waals surface area contributed by atoms with E-state index in [0.717, 1.165) is 5.56 Å². The summed E-state index contributed by atoms with van der Waals surface area (Å²) in [6.07, 6.45) is 1.55. The van der Waals surface area contributed by atoms with E-state index in [9.17, 15) is 13.6 Å². The van der Waals surface area contributed by atoms with Crippen LogP contribution in [0.2, 0.25) is 0 Å². The third kappa shape index (κ3) is 4.38. The molecule has 0 spiro atoms. The first-order valence-electron chi connectivity index (χ1n) is 8.83. The number of hydrogen-bond acceptors (Lipinski definition) is 4. The number of cyclic esters (lactones) is 1. The number of carbonyl (C=O) groups excluding carboxylic acids is 1. The Balaban J connectivity index is 1.47. The molecule has 0 fully saturated rings. The molecule has 1 aliphatic heterocycles. The lowest BCUT2D eigenvalue weighted by Crippen LogP contribution is -2.07. The second-order valence-electron chi connectivity index (χ2n) is 6.30. The Hall–Kier alpha value is -3.80. The van der Waals surface area contributed by atoms with E-state index in [1.54, 1.807) is 54.6 Å². The van der Waals surface area contributed by atoms with E-state index in [4.69, 9.17) is 9.47 Å². The Bertz CT molecular complexity index is 1120. The minimum absolute atomic E-state index is 0.0607. The number of rotatable bonds is 5. The fraction of sp³-hybridized carbons (Fsp3) is 0.0435. The Labute approximate surface area is 165 Å². The zero-order valence-electron chi connectivity index (χ0n) is 15.1. The van der Waals surface area contributed by atoms with Crippen LogP contribution in [0.4, 0.5) is 8.78 Å². The van der Waals surface area contributed by atoms with Gasteiger partial charge in [-0.05, 0) is 53.6 Å². The quantitative estimate of drug-likeness (QED) is 0.460. The highest BCUT2D eigenvalue weighted by Crippen LogP contribution is 2.22. The zero-order valence-corrected chi connectivity index (χ0v) is 15.1. The van der Waals surface area contributed by atoms with Gasteiger partial charge >= 0.3 is 5.97 Å². The first-order chi connectivity index (χ1) is 14.1. The number of hydrogen-bond donors (Lipinski definition) is 0. The van der Waals surface area contributed by atoms with Crippen molar-refractivity contribution in [3.05, 3.63) is 107 Å². The normalized spacial score (nSPS) is 14.6.